The van der Waals surface area contributed by atoms with Gasteiger partial charge in [-0.05, 0) is 5.92 Å². The topological polar surface area (TPSA) is 80.3 Å². The molecule has 0 spiro atoms. The van der Waals surface area contributed by atoms with Gasteiger partial charge in [0.05, 0.1) is 11.9 Å². The zero-order chi connectivity index (χ0) is 8.31. The summed E-state index contributed by atoms with van der Waals surface area (Å²) in [5, 5.41) is 20.1. The van der Waals surface area contributed by atoms with E-state index in [0.717, 1.165) is 0 Å². The van der Waals surface area contributed by atoms with Gasteiger partial charge in [-0.15, -0.1) is 0 Å². The minimum absolute atomic E-state index is 0. The van der Waals surface area contributed by atoms with Gasteiger partial charge < -0.3 is 19.8 Å². The van der Waals surface area contributed by atoms with E-state index in [1.807, 2.05) is 0 Å². The summed E-state index contributed by atoms with van der Waals surface area (Å²) in [5.41, 5.74) is 0. The van der Waals surface area contributed by atoms with Crippen LogP contribution in [0.3, 0.4) is 0 Å². The summed E-state index contributed by atoms with van der Waals surface area (Å²) < 4.78 is 0. The number of rotatable bonds is 3. The Morgan fingerprint density at radius 3 is 1.36 bits per heavy atom. The average Bonchev–Trinajstić information content (AvgIpc) is 1.59. The fourth-order valence-corrected chi connectivity index (χ4v) is 0.641. The maximum atomic E-state index is 10.1. The molecule has 5 heteroatoms. The monoisotopic (exact) mass is 184 g/mol. The molecule has 11 heavy (non-hydrogen) atoms. The maximum absolute atomic E-state index is 10.1. The van der Waals surface area contributed by atoms with Crippen LogP contribution in [0.25, 0.3) is 0 Å². The maximum Gasteiger partial charge on any atom is 2.00 e. The van der Waals surface area contributed by atoms with Crippen molar-refractivity contribution in [3.05, 3.63) is 0 Å². The molecule has 0 fully saturated rings. The van der Waals surface area contributed by atoms with Crippen LogP contribution in [0.5, 0.6) is 0 Å². The van der Waals surface area contributed by atoms with Crippen LogP contribution < -0.4 is 10.2 Å². The molecule has 0 aliphatic carbocycles. The second-order valence-electron chi connectivity index (χ2n) is 2.36. The van der Waals surface area contributed by atoms with E-state index in [4.69, 9.17) is 0 Å². The molecule has 0 aliphatic heterocycles. The molecule has 0 bridgehead atoms. The van der Waals surface area contributed by atoms with Crippen LogP contribution in [-0.2, 0) is 9.59 Å². The minimum atomic E-state index is -1.59. The predicted octanol–water partition coefficient (Wildman–Crippen LogP) is -2.62. The van der Waals surface area contributed by atoms with Crippen LogP contribution in [0.4, 0.5) is 0 Å². The second-order valence-corrected chi connectivity index (χ2v) is 2.36. The summed E-state index contributed by atoms with van der Waals surface area (Å²) in [6, 6.07) is 0. The minimum Gasteiger partial charge on any atom is -0.549 e. The first-order valence-corrected chi connectivity index (χ1v) is 2.88. The van der Waals surface area contributed by atoms with Crippen LogP contribution in [0.2, 0.25) is 0 Å². The van der Waals surface area contributed by atoms with Crippen molar-refractivity contribution in [3.8, 4) is 0 Å². The van der Waals surface area contributed by atoms with E-state index in [2.05, 4.69) is 0 Å². The fraction of sp³-hybridized carbons (Fsp3) is 0.667. The van der Waals surface area contributed by atoms with Crippen LogP contribution in [0.15, 0.2) is 0 Å². The number of carboxylic acid groups (broad SMARTS) is 2. The van der Waals surface area contributed by atoms with Crippen molar-refractivity contribution in [3.63, 3.8) is 0 Å². The predicted molar refractivity (Wildman–Crippen MR) is 34.1 cm³/mol. The summed E-state index contributed by atoms with van der Waals surface area (Å²) in [7, 11) is 0. The molecule has 0 heterocycles. The molecule has 0 aromatic heterocycles. The second kappa shape index (κ2) is 5.80. The molecular weight excluding hydrogens is 176 g/mol. The summed E-state index contributed by atoms with van der Waals surface area (Å²) in [6.07, 6.45) is 0. The van der Waals surface area contributed by atoms with Gasteiger partial charge in [-0.3, -0.25) is 0 Å². The van der Waals surface area contributed by atoms with E-state index in [1.54, 1.807) is 0 Å². The number of hydrogen-bond acceptors (Lipinski definition) is 4. The van der Waals surface area contributed by atoms with E-state index in [0.29, 0.717) is 0 Å². The summed E-state index contributed by atoms with van der Waals surface area (Å²) in [6.45, 7) is 2.96. The van der Waals surface area contributed by atoms with E-state index < -0.39 is 23.8 Å². The Hall–Kier alpha value is 0.200. The smallest absolute Gasteiger partial charge is 0.549 e. The fourth-order valence-electron chi connectivity index (χ4n) is 0.641. The van der Waals surface area contributed by atoms with Crippen LogP contribution in [0, 0.1) is 11.8 Å². The standard InChI is InChI=1S/C6H10O4.Ca/c1-3(2)4(5(7)8)6(9)10;/h3-4H,1-2H3,(H,7,8)(H,9,10);/q;+2/p-2. The first-order valence-electron chi connectivity index (χ1n) is 2.88. The van der Waals surface area contributed by atoms with Crippen molar-refractivity contribution in [2.75, 3.05) is 0 Å². The van der Waals surface area contributed by atoms with E-state index in [-0.39, 0.29) is 37.7 Å². The molecule has 0 amide bonds. The summed E-state index contributed by atoms with van der Waals surface area (Å²) in [4.78, 5) is 20.1. The van der Waals surface area contributed by atoms with Crippen molar-refractivity contribution >= 4 is 49.7 Å². The Kier molecular flexibility index (Phi) is 7.26. The Morgan fingerprint density at radius 1 is 1.09 bits per heavy atom. The molecule has 0 atom stereocenters. The molecule has 0 aromatic carbocycles. The van der Waals surface area contributed by atoms with Crippen LogP contribution in [-0.4, -0.2) is 49.7 Å². The van der Waals surface area contributed by atoms with Crippen molar-refractivity contribution in [2.45, 2.75) is 13.8 Å². The Bertz CT molecular complexity index is 141. The number of carbonyl (C=O) groups is 2. The van der Waals surface area contributed by atoms with Crippen LogP contribution in [0.1, 0.15) is 13.8 Å². The quantitative estimate of drug-likeness (QED) is 0.355. The molecule has 0 aliphatic rings. The van der Waals surface area contributed by atoms with Crippen LogP contribution >= 0.6 is 0 Å². The van der Waals surface area contributed by atoms with Gasteiger partial charge >= 0.3 is 37.7 Å². The zero-order valence-electron chi connectivity index (χ0n) is 6.49. The molecule has 0 N–H and O–H groups in total. The van der Waals surface area contributed by atoms with E-state index in [1.165, 1.54) is 13.8 Å². The van der Waals surface area contributed by atoms with Gasteiger partial charge in [0.15, 0.2) is 0 Å². The molecule has 0 radical (unpaired) electrons. The van der Waals surface area contributed by atoms with Gasteiger partial charge in [0, 0.05) is 5.92 Å². The number of carbonyl (C=O) groups excluding carboxylic acids is 2. The molecule has 58 valence electrons. The van der Waals surface area contributed by atoms with Gasteiger partial charge in [0.2, 0.25) is 0 Å². The Morgan fingerprint density at radius 2 is 1.36 bits per heavy atom. The molecular formula is C6H8CaO4. The largest absolute Gasteiger partial charge is 2.00 e. The molecule has 0 saturated heterocycles. The van der Waals surface area contributed by atoms with Crippen molar-refractivity contribution in [2.24, 2.45) is 11.8 Å². The summed E-state index contributed by atoms with van der Waals surface area (Å²) >= 11 is 0. The van der Waals surface area contributed by atoms with Crippen molar-refractivity contribution in [1.29, 1.82) is 0 Å². The average molecular weight is 184 g/mol. The number of aliphatic carboxylic acids is 2. The van der Waals surface area contributed by atoms with Gasteiger partial charge in [-0.25, -0.2) is 0 Å². The number of hydrogen-bond donors (Lipinski definition) is 0. The third-order valence-corrected chi connectivity index (χ3v) is 1.17. The Labute approximate surface area is 94.6 Å². The molecule has 4 nitrogen and oxygen atoms in total. The van der Waals surface area contributed by atoms with Crippen molar-refractivity contribution in [1.82, 2.24) is 0 Å². The SMILES string of the molecule is CC(C)C(C(=O)[O-])C(=O)[O-].[Ca+2]. The molecule has 0 rings (SSSR count). The van der Waals surface area contributed by atoms with Gasteiger partial charge in [0.1, 0.15) is 0 Å². The first kappa shape index (κ1) is 13.8. The third-order valence-electron chi connectivity index (χ3n) is 1.17. The third kappa shape index (κ3) is 4.61. The first-order chi connectivity index (χ1) is 4.46. The van der Waals surface area contributed by atoms with Gasteiger partial charge in [-0.1, -0.05) is 13.8 Å². The molecule has 0 saturated carbocycles. The molecule has 0 aromatic rings. The van der Waals surface area contributed by atoms with Gasteiger partial charge in [-0.2, -0.15) is 0 Å². The Balaban J connectivity index is 0. The van der Waals surface area contributed by atoms with E-state index >= 15 is 0 Å². The van der Waals surface area contributed by atoms with E-state index in [9.17, 15) is 19.8 Å². The van der Waals surface area contributed by atoms with Crippen molar-refractivity contribution < 1.29 is 19.8 Å². The molecule has 0 unspecified atom stereocenters. The normalized spacial score (nSPS) is 9.45. The zero-order valence-corrected chi connectivity index (χ0v) is 8.70. The van der Waals surface area contributed by atoms with Gasteiger partial charge in [0.25, 0.3) is 0 Å². The summed E-state index contributed by atoms with van der Waals surface area (Å²) in [5.74, 6) is -5.17. The number of carboxylic acids is 2.